The molecule has 0 bridgehead atoms. The number of carbonyl (C=O) groups excluding carboxylic acids is 1. The summed E-state index contributed by atoms with van der Waals surface area (Å²) in [6.07, 6.45) is 0. The van der Waals surface area contributed by atoms with E-state index in [1.807, 2.05) is 4.90 Å². The van der Waals surface area contributed by atoms with Crippen molar-refractivity contribution >= 4 is 47.2 Å². The molecule has 0 saturated carbocycles. The number of carbonyl (C=O) groups is 1. The van der Waals surface area contributed by atoms with Crippen LogP contribution in [-0.2, 0) is 11.3 Å². The number of piperazine rings is 1. The van der Waals surface area contributed by atoms with Crippen LogP contribution in [0.2, 0.25) is 0 Å². The lowest BCUT2D eigenvalue weighted by atomic mass is 10.3. The van der Waals surface area contributed by atoms with E-state index >= 15 is 0 Å². The van der Waals surface area contributed by atoms with Gasteiger partial charge in [0.05, 0.1) is 6.54 Å². The molecule has 0 atom stereocenters. The minimum atomic E-state index is 0. The molecular formula is C16H28IN5OS. The van der Waals surface area contributed by atoms with Gasteiger partial charge in [-0.25, -0.2) is 4.99 Å². The topological polar surface area (TPSA) is 60.0 Å². The molecule has 1 aromatic heterocycles. The first-order valence-electron chi connectivity index (χ1n) is 8.21. The summed E-state index contributed by atoms with van der Waals surface area (Å²) in [5.41, 5.74) is 0. The maximum atomic E-state index is 11.3. The maximum absolute atomic E-state index is 11.3. The van der Waals surface area contributed by atoms with Crippen LogP contribution in [0.1, 0.15) is 18.7 Å². The molecule has 1 aromatic rings. The van der Waals surface area contributed by atoms with Crippen LogP contribution in [0.5, 0.6) is 0 Å². The molecule has 0 spiro atoms. The number of halogens is 1. The van der Waals surface area contributed by atoms with Crippen LogP contribution in [0.25, 0.3) is 0 Å². The Labute approximate surface area is 165 Å². The van der Waals surface area contributed by atoms with Gasteiger partial charge in [-0.1, -0.05) is 6.07 Å². The molecule has 1 saturated heterocycles. The van der Waals surface area contributed by atoms with Crippen LogP contribution >= 0.6 is 35.3 Å². The molecule has 6 nitrogen and oxygen atoms in total. The summed E-state index contributed by atoms with van der Waals surface area (Å²) in [6.45, 7) is 10.7. The SMILES string of the molecule is CCNC(=NCc1cccs1)NCCN1CCN(C(C)=O)CC1.I. The van der Waals surface area contributed by atoms with Gasteiger partial charge in [-0.2, -0.15) is 0 Å². The second-order valence-electron chi connectivity index (χ2n) is 5.55. The molecule has 2 N–H and O–H groups in total. The molecular weight excluding hydrogens is 437 g/mol. The highest BCUT2D eigenvalue weighted by molar-refractivity contribution is 14.0. The average molecular weight is 465 g/mol. The molecule has 1 aliphatic rings. The second kappa shape index (κ2) is 11.6. The third-order valence-electron chi connectivity index (χ3n) is 3.86. The summed E-state index contributed by atoms with van der Waals surface area (Å²) < 4.78 is 0. The Bertz CT molecular complexity index is 501. The smallest absolute Gasteiger partial charge is 0.219 e. The molecule has 1 amide bonds. The maximum Gasteiger partial charge on any atom is 0.219 e. The number of amides is 1. The Morgan fingerprint density at radius 2 is 2.04 bits per heavy atom. The van der Waals surface area contributed by atoms with Crippen LogP contribution < -0.4 is 10.6 Å². The molecule has 8 heteroatoms. The van der Waals surface area contributed by atoms with E-state index in [-0.39, 0.29) is 29.9 Å². The number of nitrogens with zero attached hydrogens (tertiary/aromatic N) is 3. The predicted molar refractivity (Wildman–Crippen MR) is 111 cm³/mol. The molecule has 0 radical (unpaired) electrons. The number of nitrogens with one attached hydrogen (secondary N) is 2. The Hall–Kier alpha value is -0.870. The zero-order valence-electron chi connectivity index (χ0n) is 14.5. The standard InChI is InChI=1S/C16H27N5OS.HI/c1-3-17-16(19-13-15-5-4-12-23-15)18-6-7-20-8-10-21(11-9-20)14(2)22;/h4-5,12H,3,6-11,13H2,1-2H3,(H2,17,18,19);1H. The summed E-state index contributed by atoms with van der Waals surface area (Å²) in [4.78, 5) is 21.5. The number of hydrogen-bond acceptors (Lipinski definition) is 4. The fourth-order valence-electron chi connectivity index (χ4n) is 2.52. The van der Waals surface area contributed by atoms with Crippen molar-refractivity contribution < 1.29 is 4.79 Å². The molecule has 136 valence electrons. The quantitative estimate of drug-likeness (QED) is 0.381. The first kappa shape index (κ1) is 21.2. The molecule has 0 unspecified atom stereocenters. The lowest BCUT2D eigenvalue weighted by Gasteiger charge is -2.34. The van der Waals surface area contributed by atoms with E-state index in [1.54, 1.807) is 18.3 Å². The Morgan fingerprint density at radius 1 is 1.29 bits per heavy atom. The zero-order valence-corrected chi connectivity index (χ0v) is 17.6. The summed E-state index contributed by atoms with van der Waals surface area (Å²) in [7, 11) is 0. The number of thiophene rings is 1. The van der Waals surface area contributed by atoms with Gasteiger partial charge in [0.1, 0.15) is 0 Å². The van der Waals surface area contributed by atoms with Gasteiger partial charge >= 0.3 is 0 Å². The molecule has 2 rings (SSSR count). The van der Waals surface area contributed by atoms with E-state index in [0.717, 1.165) is 51.8 Å². The zero-order chi connectivity index (χ0) is 16.5. The largest absolute Gasteiger partial charge is 0.357 e. The highest BCUT2D eigenvalue weighted by atomic mass is 127. The first-order chi connectivity index (χ1) is 11.2. The van der Waals surface area contributed by atoms with Crippen LogP contribution in [0, 0.1) is 0 Å². The molecule has 24 heavy (non-hydrogen) atoms. The predicted octanol–water partition coefficient (Wildman–Crippen LogP) is 1.59. The van der Waals surface area contributed by atoms with E-state index in [0.29, 0.717) is 6.54 Å². The molecule has 0 aromatic carbocycles. The fourth-order valence-corrected chi connectivity index (χ4v) is 3.15. The van der Waals surface area contributed by atoms with Gasteiger partial charge in [0, 0.05) is 57.6 Å². The van der Waals surface area contributed by atoms with Crippen molar-refractivity contribution in [2.24, 2.45) is 4.99 Å². The van der Waals surface area contributed by atoms with Gasteiger partial charge < -0.3 is 15.5 Å². The minimum absolute atomic E-state index is 0. The van der Waals surface area contributed by atoms with Crippen LogP contribution in [0.3, 0.4) is 0 Å². The summed E-state index contributed by atoms with van der Waals surface area (Å²) in [6, 6.07) is 4.16. The lowest BCUT2D eigenvalue weighted by Crippen LogP contribution is -2.50. The van der Waals surface area contributed by atoms with Crippen molar-refractivity contribution in [3.63, 3.8) is 0 Å². The van der Waals surface area contributed by atoms with E-state index in [4.69, 9.17) is 0 Å². The number of aliphatic imine (C=N–C) groups is 1. The van der Waals surface area contributed by atoms with Crippen LogP contribution in [0.4, 0.5) is 0 Å². The Morgan fingerprint density at radius 3 is 2.62 bits per heavy atom. The van der Waals surface area contributed by atoms with E-state index in [1.165, 1.54) is 4.88 Å². The summed E-state index contributed by atoms with van der Waals surface area (Å²) in [5.74, 6) is 1.04. The average Bonchev–Trinajstić information content (AvgIpc) is 3.06. The van der Waals surface area contributed by atoms with Crippen molar-refractivity contribution in [1.82, 2.24) is 20.4 Å². The lowest BCUT2D eigenvalue weighted by molar-refractivity contribution is -0.130. The van der Waals surface area contributed by atoms with Gasteiger partial charge in [-0.3, -0.25) is 9.69 Å². The van der Waals surface area contributed by atoms with E-state index < -0.39 is 0 Å². The van der Waals surface area contributed by atoms with Crippen molar-refractivity contribution in [3.8, 4) is 0 Å². The number of rotatable bonds is 6. The van der Waals surface area contributed by atoms with E-state index in [9.17, 15) is 4.79 Å². The summed E-state index contributed by atoms with van der Waals surface area (Å²) in [5, 5.41) is 8.74. The van der Waals surface area contributed by atoms with Gasteiger partial charge in [-0.15, -0.1) is 35.3 Å². The Kier molecular flexibility index (Phi) is 10.3. The molecule has 2 heterocycles. The van der Waals surface area contributed by atoms with Crippen molar-refractivity contribution in [2.75, 3.05) is 45.8 Å². The number of guanidine groups is 1. The van der Waals surface area contributed by atoms with Crippen molar-refractivity contribution in [1.29, 1.82) is 0 Å². The number of hydrogen-bond donors (Lipinski definition) is 2. The van der Waals surface area contributed by atoms with Gasteiger partial charge in [0.2, 0.25) is 5.91 Å². The molecule has 0 aliphatic carbocycles. The van der Waals surface area contributed by atoms with Gasteiger partial charge in [-0.05, 0) is 18.4 Å². The highest BCUT2D eigenvalue weighted by Crippen LogP contribution is 2.09. The van der Waals surface area contributed by atoms with Crippen LogP contribution in [0.15, 0.2) is 22.5 Å². The molecule has 1 aliphatic heterocycles. The first-order valence-corrected chi connectivity index (χ1v) is 9.09. The third kappa shape index (κ3) is 7.35. The monoisotopic (exact) mass is 465 g/mol. The van der Waals surface area contributed by atoms with Crippen molar-refractivity contribution in [3.05, 3.63) is 22.4 Å². The normalized spacial score (nSPS) is 15.8. The third-order valence-corrected chi connectivity index (χ3v) is 4.72. The molecule has 1 fully saturated rings. The van der Waals surface area contributed by atoms with Gasteiger partial charge in [0.25, 0.3) is 0 Å². The van der Waals surface area contributed by atoms with E-state index in [2.05, 4.69) is 45.0 Å². The fraction of sp³-hybridized carbons (Fsp3) is 0.625. The van der Waals surface area contributed by atoms with Crippen LogP contribution in [-0.4, -0.2) is 67.5 Å². The highest BCUT2D eigenvalue weighted by Gasteiger charge is 2.17. The minimum Gasteiger partial charge on any atom is -0.357 e. The van der Waals surface area contributed by atoms with Crippen molar-refractivity contribution in [2.45, 2.75) is 20.4 Å². The second-order valence-corrected chi connectivity index (χ2v) is 6.58. The Balaban J connectivity index is 0.00000288. The summed E-state index contributed by atoms with van der Waals surface area (Å²) >= 11 is 1.73. The van der Waals surface area contributed by atoms with Gasteiger partial charge in [0.15, 0.2) is 5.96 Å².